The molecule has 28 heavy (non-hydrogen) atoms. The molecule has 2 amide bonds. The SMILES string of the molecule is CCCCCN1C(=O)C(c2ccc(Cl)cc2)=C(N(CCOC)CCOC)C1=O. The molecule has 0 saturated heterocycles. The first-order chi connectivity index (χ1) is 13.5. The zero-order valence-electron chi connectivity index (χ0n) is 16.9. The van der Waals surface area contributed by atoms with Crippen LogP contribution in [0.5, 0.6) is 0 Å². The number of hydrogen-bond acceptors (Lipinski definition) is 5. The van der Waals surface area contributed by atoms with Gasteiger partial charge in [0, 0.05) is 38.9 Å². The minimum Gasteiger partial charge on any atom is -0.383 e. The molecule has 1 aliphatic heterocycles. The van der Waals surface area contributed by atoms with Crippen molar-refractivity contribution in [1.82, 2.24) is 9.80 Å². The van der Waals surface area contributed by atoms with Crippen LogP contribution in [0.15, 0.2) is 30.0 Å². The summed E-state index contributed by atoms with van der Waals surface area (Å²) in [7, 11) is 3.23. The normalized spacial score (nSPS) is 14.4. The van der Waals surface area contributed by atoms with E-state index in [2.05, 4.69) is 6.92 Å². The van der Waals surface area contributed by atoms with Gasteiger partial charge in [-0.3, -0.25) is 14.5 Å². The predicted molar refractivity (Wildman–Crippen MR) is 110 cm³/mol. The van der Waals surface area contributed by atoms with Crippen molar-refractivity contribution in [3.8, 4) is 0 Å². The van der Waals surface area contributed by atoms with Crippen LogP contribution in [-0.2, 0) is 19.1 Å². The lowest BCUT2D eigenvalue weighted by molar-refractivity contribution is -0.137. The molecule has 0 unspecified atom stereocenters. The first-order valence-corrected chi connectivity index (χ1v) is 10.0. The Bertz CT molecular complexity index is 695. The highest BCUT2D eigenvalue weighted by atomic mass is 35.5. The number of ether oxygens (including phenoxy) is 2. The molecule has 0 radical (unpaired) electrons. The molecule has 0 aromatic heterocycles. The van der Waals surface area contributed by atoms with Gasteiger partial charge in [-0.2, -0.15) is 0 Å². The second kappa shape index (κ2) is 11.2. The van der Waals surface area contributed by atoms with Crippen molar-refractivity contribution >= 4 is 29.0 Å². The van der Waals surface area contributed by atoms with Crippen LogP contribution in [0, 0.1) is 0 Å². The fourth-order valence-corrected chi connectivity index (χ4v) is 3.32. The summed E-state index contributed by atoms with van der Waals surface area (Å²) < 4.78 is 10.4. The molecule has 0 saturated carbocycles. The molecular formula is C21H29ClN2O4. The Morgan fingerprint density at radius 1 is 0.964 bits per heavy atom. The lowest BCUT2D eigenvalue weighted by Crippen LogP contribution is -2.38. The molecule has 0 N–H and O–H groups in total. The second-order valence-corrected chi connectivity index (χ2v) is 7.11. The van der Waals surface area contributed by atoms with Gasteiger partial charge in [0.2, 0.25) is 0 Å². The molecule has 6 nitrogen and oxygen atoms in total. The predicted octanol–water partition coefficient (Wildman–Crippen LogP) is 3.20. The number of carbonyl (C=O) groups is 2. The summed E-state index contributed by atoms with van der Waals surface area (Å²) in [5.41, 5.74) is 1.53. The van der Waals surface area contributed by atoms with E-state index in [1.165, 1.54) is 4.90 Å². The summed E-state index contributed by atoms with van der Waals surface area (Å²) in [6, 6.07) is 7.02. The Kier molecular flexibility index (Phi) is 8.96. The first kappa shape index (κ1) is 22.4. The molecule has 1 heterocycles. The number of hydrogen-bond donors (Lipinski definition) is 0. The van der Waals surface area contributed by atoms with E-state index >= 15 is 0 Å². The zero-order chi connectivity index (χ0) is 20.5. The van der Waals surface area contributed by atoms with Gasteiger partial charge in [0.25, 0.3) is 11.8 Å². The molecular weight excluding hydrogens is 380 g/mol. The standard InChI is InChI=1S/C21H29ClN2O4/c1-4-5-6-11-24-20(25)18(16-7-9-17(22)10-8-16)19(21(24)26)23(12-14-27-2)13-15-28-3/h7-10H,4-6,11-15H2,1-3H3. The molecule has 0 fully saturated rings. The molecule has 154 valence electrons. The van der Waals surface area contributed by atoms with Crippen LogP contribution in [0.2, 0.25) is 5.02 Å². The molecule has 1 aliphatic rings. The molecule has 1 aromatic rings. The maximum atomic E-state index is 13.2. The zero-order valence-corrected chi connectivity index (χ0v) is 17.6. The third kappa shape index (κ3) is 5.34. The largest absolute Gasteiger partial charge is 0.383 e. The monoisotopic (exact) mass is 408 g/mol. The van der Waals surface area contributed by atoms with Gasteiger partial charge in [-0.1, -0.05) is 43.5 Å². The van der Waals surface area contributed by atoms with E-state index in [0.29, 0.717) is 54.7 Å². The molecule has 1 aromatic carbocycles. The number of imide groups is 1. The van der Waals surface area contributed by atoms with E-state index in [1.807, 2.05) is 4.90 Å². The van der Waals surface area contributed by atoms with E-state index in [0.717, 1.165) is 19.3 Å². The van der Waals surface area contributed by atoms with Crippen LogP contribution in [0.3, 0.4) is 0 Å². The number of methoxy groups -OCH3 is 2. The van der Waals surface area contributed by atoms with Gasteiger partial charge in [-0.05, 0) is 24.1 Å². The number of halogens is 1. The minimum atomic E-state index is -0.252. The van der Waals surface area contributed by atoms with E-state index in [4.69, 9.17) is 21.1 Å². The smallest absolute Gasteiger partial charge is 0.277 e. The number of nitrogens with zero attached hydrogens (tertiary/aromatic N) is 2. The lowest BCUT2D eigenvalue weighted by atomic mass is 10.0. The van der Waals surface area contributed by atoms with Crippen LogP contribution in [-0.4, -0.2) is 68.7 Å². The fraction of sp³-hybridized carbons (Fsp3) is 0.524. The summed E-state index contributed by atoms with van der Waals surface area (Å²) >= 11 is 6.01. The Labute approximate surface area is 172 Å². The topological polar surface area (TPSA) is 59.1 Å². The van der Waals surface area contributed by atoms with Crippen molar-refractivity contribution in [3.05, 3.63) is 40.5 Å². The van der Waals surface area contributed by atoms with Crippen molar-refractivity contribution in [1.29, 1.82) is 0 Å². The second-order valence-electron chi connectivity index (χ2n) is 6.67. The summed E-state index contributed by atoms with van der Waals surface area (Å²) in [6.45, 7) is 4.39. The Balaban J connectivity index is 2.44. The van der Waals surface area contributed by atoms with E-state index in [-0.39, 0.29) is 11.8 Å². The molecule has 7 heteroatoms. The van der Waals surface area contributed by atoms with Crippen LogP contribution in [0.4, 0.5) is 0 Å². The van der Waals surface area contributed by atoms with Gasteiger partial charge < -0.3 is 14.4 Å². The van der Waals surface area contributed by atoms with Crippen LogP contribution in [0.25, 0.3) is 5.57 Å². The number of carbonyl (C=O) groups excluding carboxylic acids is 2. The number of benzene rings is 1. The summed E-state index contributed by atoms with van der Waals surface area (Å²) in [4.78, 5) is 29.7. The van der Waals surface area contributed by atoms with Gasteiger partial charge in [0.1, 0.15) is 5.70 Å². The van der Waals surface area contributed by atoms with E-state index in [1.54, 1.807) is 38.5 Å². The highest BCUT2D eigenvalue weighted by Crippen LogP contribution is 2.32. The van der Waals surface area contributed by atoms with Gasteiger partial charge >= 0.3 is 0 Å². The van der Waals surface area contributed by atoms with Crippen molar-refractivity contribution in [2.45, 2.75) is 26.2 Å². The van der Waals surface area contributed by atoms with Crippen LogP contribution >= 0.6 is 11.6 Å². The quantitative estimate of drug-likeness (QED) is 0.392. The van der Waals surface area contributed by atoms with Crippen molar-refractivity contribution in [2.75, 3.05) is 47.1 Å². The molecule has 0 bridgehead atoms. The van der Waals surface area contributed by atoms with Gasteiger partial charge in [0.05, 0.1) is 18.8 Å². The lowest BCUT2D eigenvalue weighted by Gasteiger charge is -2.25. The minimum absolute atomic E-state index is 0.252. The molecule has 2 rings (SSSR count). The van der Waals surface area contributed by atoms with Crippen molar-refractivity contribution in [2.24, 2.45) is 0 Å². The summed E-state index contributed by atoms with van der Waals surface area (Å²) in [5, 5.41) is 0.582. The Morgan fingerprint density at radius 2 is 1.57 bits per heavy atom. The Hall–Kier alpha value is -1.89. The van der Waals surface area contributed by atoms with E-state index in [9.17, 15) is 9.59 Å². The average Bonchev–Trinajstić information content (AvgIpc) is 2.94. The Morgan fingerprint density at radius 3 is 2.11 bits per heavy atom. The fourth-order valence-electron chi connectivity index (χ4n) is 3.19. The highest BCUT2D eigenvalue weighted by Gasteiger charge is 2.41. The number of amides is 2. The van der Waals surface area contributed by atoms with Crippen molar-refractivity contribution in [3.63, 3.8) is 0 Å². The summed E-state index contributed by atoms with van der Waals surface area (Å²) in [6.07, 6.45) is 2.79. The maximum Gasteiger partial charge on any atom is 0.277 e. The molecule has 0 aliphatic carbocycles. The van der Waals surface area contributed by atoms with Gasteiger partial charge in [-0.25, -0.2) is 0 Å². The molecule has 0 spiro atoms. The number of unbranched alkanes of at least 4 members (excludes halogenated alkanes) is 2. The summed E-state index contributed by atoms with van der Waals surface area (Å²) in [5.74, 6) is -0.503. The van der Waals surface area contributed by atoms with E-state index < -0.39 is 0 Å². The third-order valence-electron chi connectivity index (χ3n) is 4.71. The highest BCUT2D eigenvalue weighted by molar-refractivity contribution is 6.36. The van der Waals surface area contributed by atoms with Crippen molar-refractivity contribution < 1.29 is 19.1 Å². The molecule has 0 atom stereocenters. The third-order valence-corrected chi connectivity index (χ3v) is 4.96. The van der Waals surface area contributed by atoms with Gasteiger partial charge in [0.15, 0.2) is 0 Å². The first-order valence-electron chi connectivity index (χ1n) is 9.64. The average molecular weight is 409 g/mol. The van der Waals surface area contributed by atoms with Gasteiger partial charge in [-0.15, -0.1) is 0 Å². The van der Waals surface area contributed by atoms with Crippen LogP contribution in [0.1, 0.15) is 31.7 Å². The number of rotatable bonds is 12. The van der Waals surface area contributed by atoms with Crippen LogP contribution < -0.4 is 0 Å². The maximum absolute atomic E-state index is 13.2.